The van der Waals surface area contributed by atoms with E-state index in [4.69, 9.17) is 45.3 Å². The lowest BCUT2D eigenvalue weighted by atomic mass is 10.2. The summed E-state index contributed by atoms with van der Waals surface area (Å²) in [5, 5.41) is 24.7. The molecule has 0 radical (unpaired) electrons. The monoisotopic (exact) mass is 632 g/mol. The lowest BCUT2D eigenvalue weighted by Crippen LogP contribution is -2.00. The highest BCUT2D eigenvalue weighted by atomic mass is 35.5. The van der Waals surface area contributed by atoms with E-state index in [2.05, 4.69) is 30.0 Å². The van der Waals surface area contributed by atoms with Gasteiger partial charge in [0.05, 0.1) is 35.4 Å². The molecule has 2 aromatic heterocycles. The molecule has 19 heteroatoms. The van der Waals surface area contributed by atoms with Crippen molar-refractivity contribution < 1.29 is 28.1 Å². The van der Waals surface area contributed by atoms with E-state index in [1.165, 1.54) is 39.0 Å². The third-order valence-corrected chi connectivity index (χ3v) is 5.08. The first-order valence-electron chi connectivity index (χ1n) is 10.5. The minimum atomic E-state index is -0.988. The number of ether oxygens (including phenoxy) is 2. The first-order valence-corrected chi connectivity index (χ1v) is 11.7. The quantitative estimate of drug-likeness (QED) is 0.108. The Morgan fingerprint density at radius 1 is 0.756 bits per heavy atom. The van der Waals surface area contributed by atoms with Gasteiger partial charge in [-0.3, -0.25) is 20.2 Å². The second-order valence-corrected chi connectivity index (χ2v) is 8.24. The smallest absolute Gasteiger partial charge is 0.307 e. The highest BCUT2D eigenvalue weighted by molar-refractivity contribution is 6.33. The van der Waals surface area contributed by atoms with Crippen LogP contribution in [0, 0.1) is 31.9 Å². The molecule has 4 aromatic rings. The number of nitrogen functional groups attached to an aromatic ring is 1. The van der Waals surface area contributed by atoms with Crippen LogP contribution in [0.1, 0.15) is 0 Å². The zero-order valence-corrected chi connectivity index (χ0v) is 23.0. The zero-order chi connectivity index (χ0) is 30.7. The van der Waals surface area contributed by atoms with E-state index >= 15 is 0 Å². The fourth-order valence-electron chi connectivity index (χ4n) is 2.68. The molecule has 0 amide bonds. The Morgan fingerprint density at radius 3 is 1.66 bits per heavy atom. The number of nitro groups is 2. The van der Waals surface area contributed by atoms with Gasteiger partial charge < -0.3 is 20.5 Å². The molecule has 0 fully saturated rings. The molecule has 0 saturated heterocycles. The van der Waals surface area contributed by atoms with Crippen LogP contribution in [0.2, 0.25) is 15.5 Å². The van der Waals surface area contributed by atoms with Crippen LogP contribution in [0.4, 0.5) is 37.3 Å². The molecular weight excluding hydrogens is 617 g/mol. The maximum absolute atomic E-state index is 13.5. The Hall–Kier alpha value is -4.67. The Morgan fingerprint density at radius 2 is 1.22 bits per heavy atom. The summed E-state index contributed by atoms with van der Waals surface area (Å²) in [6, 6.07) is 6.63. The fraction of sp³-hybridized carbons (Fsp3) is 0.0909. The molecular formula is C22H17Cl3F2N8O6. The minimum absolute atomic E-state index is 0.0376. The number of nitrogens with zero attached hydrogens (tertiary/aromatic N) is 6. The van der Waals surface area contributed by atoms with Crippen LogP contribution in [0.25, 0.3) is 0 Å². The number of hydrogen-bond acceptors (Lipinski definition) is 12. The van der Waals surface area contributed by atoms with Gasteiger partial charge in [0.2, 0.25) is 11.6 Å². The van der Waals surface area contributed by atoms with Gasteiger partial charge in [-0.2, -0.15) is 8.78 Å². The summed E-state index contributed by atoms with van der Waals surface area (Å²) < 4.78 is 36.0. The Kier molecular flexibility index (Phi) is 12.1. The molecule has 0 spiro atoms. The molecule has 2 aromatic carbocycles. The number of anilines is 3. The first kappa shape index (κ1) is 32.5. The largest absolute Gasteiger partial charge is 0.494 e. The molecule has 0 atom stereocenters. The van der Waals surface area contributed by atoms with Crippen molar-refractivity contribution >= 4 is 63.4 Å². The Bertz CT molecular complexity index is 1540. The molecule has 4 rings (SSSR count). The maximum Gasteiger partial charge on any atom is 0.307 e. The highest BCUT2D eigenvalue weighted by Gasteiger charge is 2.19. The average Bonchev–Trinajstić information content (AvgIpc) is 2.90. The lowest BCUT2D eigenvalue weighted by Gasteiger charge is -2.10. The van der Waals surface area contributed by atoms with Crippen molar-refractivity contribution in [1.82, 2.24) is 19.9 Å². The van der Waals surface area contributed by atoms with E-state index in [-0.39, 0.29) is 28.0 Å². The van der Waals surface area contributed by atoms with Crippen molar-refractivity contribution in [3.8, 4) is 11.5 Å². The topological polar surface area (TPSA) is 194 Å². The molecule has 3 N–H and O–H groups in total. The van der Waals surface area contributed by atoms with E-state index in [1.54, 1.807) is 0 Å². The molecule has 0 aliphatic carbocycles. The SMILES string of the molecule is COc1cc(F)c([N+](=O)[O-])cc1N.COc1cc(F)c([N+](=O)[O-])cc1Nc1cc(Cl)ncn1.Clc1cc(Cl)ncn1. The van der Waals surface area contributed by atoms with Gasteiger partial charge in [-0.25, -0.2) is 19.9 Å². The van der Waals surface area contributed by atoms with Crippen LogP contribution >= 0.6 is 34.8 Å². The summed E-state index contributed by atoms with van der Waals surface area (Å²) in [5.41, 5.74) is 4.24. The summed E-state index contributed by atoms with van der Waals surface area (Å²) in [6.45, 7) is 0. The number of halogens is 5. The molecule has 14 nitrogen and oxygen atoms in total. The van der Waals surface area contributed by atoms with Crippen LogP contribution in [-0.4, -0.2) is 44.0 Å². The van der Waals surface area contributed by atoms with Gasteiger partial charge in [0.1, 0.15) is 45.4 Å². The summed E-state index contributed by atoms with van der Waals surface area (Å²) in [4.78, 5) is 34.1. The van der Waals surface area contributed by atoms with Crippen molar-refractivity contribution in [2.75, 3.05) is 25.3 Å². The number of nitrogens with two attached hydrogens (primary N) is 1. The van der Waals surface area contributed by atoms with Crippen molar-refractivity contribution in [2.24, 2.45) is 0 Å². The van der Waals surface area contributed by atoms with E-state index in [9.17, 15) is 29.0 Å². The number of methoxy groups -OCH3 is 2. The minimum Gasteiger partial charge on any atom is -0.494 e. The number of benzene rings is 2. The molecule has 0 saturated carbocycles. The molecule has 0 unspecified atom stereocenters. The van der Waals surface area contributed by atoms with E-state index in [0.717, 1.165) is 24.3 Å². The zero-order valence-electron chi connectivity index (χ0n) is 20.7. The third-order valence-electron chi connectivity index (χ3n) is 4.46. The summed E-state index contributed by atoms with van der Waals surface area (Å²) >= 11 is 16.5. The van der Waals surface area contributed by atoms with E-state index in [0.29, 0.717) is 16.1 Å². The predicted molar refractivity (Wildman–Crippen MR) is 146 cm³/mol. The lowest BCUT2D eigenvalue weighted by molar-refractivity contribution is -0.387. The van der Waals surface area contributed by atoms with Gasteiger partial charge in [0.25, 0.3) is 0 Å². The van der Waals surface area contributed by atoms with Crippen LogP contribution in [0.3, 0.4) is 0 Å². The van der Waals surface area contributed by atoms with Gasteiger partial charge in [-0.1, -0.05) is 34.8 Å². The van der Waals surface area contributed by atoms with Crippen LogP contribution in [0.5, 0.6) is 11.5 Å². The molecule has 41 heavy (non-hydrogen) atoms. The standard InChI is InChI=1S/C11H8ClFN4O3.C7H7FN2O3.C4H2Cl2N2/c1-20-9-2-6(13)8(17(18)19)3-7(9)16-11-4-10(12)14-5-15-11;1-13-7-2-4(8)6(10(11)12)3-5(7)9;5-3-1-4(6)8-2-7-3/h2-5H,1H3,(H,14,15,16);2-3H,9H2,1H3;1-2H. The van der Waals surface area contributed by atoms with Crippen molar-refractivity contribution in [2.45, 2.75) is 0 Å². The second-order valence-electron chi connectivity index (χ2n) is 7.08. The number of nitro benzene ring substituents is 2. The Labute approximate surface area is 244 Å². The Balaban J connectivity index is 0.000000239. The van der Waals surface area contributed by atoms with Crippen LogP contribution < -0.4 is 20.5 Å². The molecule has 0 bridgehead atoms. The van der Waals surface area contributed by atoms with Crippen LogP contribution in [0.15, 0.2) is 49.1 Å². The highest BCUT2D eigenvalue weighted by Crippen LogP contribution is 2.33. The number of nitrogens with one attached hydrogen (secondary N) is 1. The number of aromatic nitrogens is 4. The van der Waals surface area contributed by atoms with Crippen molar-refractivity contribution in [3.05, 3.63) is 96.4 Å². The first-order chi connectivity index (χ1) is 19.4. The summed E-state index contributed by atoms with van der Waals surface area (Å²) in [7, 11) is 2.62. The van der Waals surface area contributed by atoms with Gasteiger partial charge in [-0.15, -0.1) is 0 Å². The van der Waals surface area contributed by atoms with E-state index in [1.807, 2.05) is 0 Å². The molecule has 0 aliphatic heterocycles. The average molecular weight is 634 g/mol. The summed E-state index contributed by atoms with van der Waals surface area (Å²) in [5.74, 6) is -1.47. The normalized spacial score (nSPS) is 9.83. The fourth-order valence-corrected chi connectivity index (χ4v) is 3.18. The van der Waals surface area contributed by atoms with Gasteiger partial charge >= 0.3 is 11.4 Å². The number of rotatable bonds is 6. The van der Waals surface area contributed by atoms with Crippen molar-refractivity contribution in [3.63, 3.8) is 0 Å². The third kappa shape index (κ3) is 9.79. The summed E-state index contributed by atoms with van der Waals surface area (Å²) in [6.07, 6.45) is 2.53. The van der Waals surface area contributed by atoms with Gasteiger partial charge in [-0.05, 0) is 0 Å². The van der Waals surface area contributed by atoms with Gasteiger partial charge in [0.15, 0.2) is 0 Å². The molecule has 0 aliphatic rings. The molecule has 216 valence electrons. The second kappa shape index (κ2) is 15.2. The van der Waals surface area contributed by atoms with Crippen molar-refractivity contribution in [1.29, 1.82) is 0 Å². The predicted octanol–water partition coefficient (Wildman–Crippen LogP) is 6.04. The maximum atomic E-state index is 13.5. The molecule has 2 heterocycles. The van der Waals surface area contributed by atoms with Gasteiger partial charge in [0, 0.05) is 36.4 Å². The van der Waals surface area contributed by atoms with Crippen LogP contribution in [-0.2, 0) is 0 Å². The number of hydrogen-bond donors (Lipinski definition) is 2. The van der Waals surface area contributed by atoms with E-state index < -0.39 is 32.9 Å².